The highest BCUT2D eigenvalue weighted by Gasteiger charge is 2.35. The number of hydrogen-bond donors (Lipinski definition) is 2. The zero-order valence-electron chi connectivity index (χ0n) is 25.4. The Labute approximate surface area is 259 Å². The van der Waals surface area contributed by atoms with E-state index in [0.29, 0.717) is 66.3 Å². The van der Waals surface area contributed by atoms with Gasteiger partial charge in [0.25, 0.3) is 11.8 Å². The minimum Gasteiger partial charge on any atom is -0.421 e. The molecule has 9 nitrogen and oxygen atoms in total. The normalized spacial score (nSPS) is 14.7. The summed E-state index contributed by atoms with van der Waals surface area (Å²) < 4.78 is 46.5. The summed E-state index contributed by atoms with van der Waals surface area (Å²) in [6, 6.07) is 9.71. The maximum Gasteiger partial charge on any atom is 0.252 e. The summed E-state index contributed by atoms with van der Waals surface area (Å²) in [6.45, 7) is 6.41. The number of pyridine rings is 1. The molecule has 3 heterocycles. The molecule has 5 rings (SSSR count). The first-order valence-electron chi connectivity index (χ1n) is 14.9. The molecule has 2 aromatic heterocycles. The van der Waals surface area contributed by atoms with E-state index < -0.39 is 23.5 Å². The Morgan fingerprint density at radius 3 is 2.40 bits per heavy atom. The number of nitrogens with zero attached hydrogens (tertiary/aromatic N) is 4. The van der Waals surface area contributed by atoms with Crippen LogP contribution in [0.15, 0.2) is 46.9 Å². The lowest BCUT2D eigenvalue weighted by Crippen LogP contribution is -2.33. The van der Waals surface area contributed by atoms with Crippen molar-refractivity contribution in [3.8, 4) is 11.5 Å². The second-order valence-electron chi connectivity index (χ2n) is 11.7. The van der Waals surface area contributed by atoms with E-state index in [-0.39, 0.29) is 42.2 Å². The first-order valence-corrected chi connectivity index (χ1v) is 14.9. The van der Waals surface area contributed by atoms with E-state index in [1.807, 2.05) is 18.7 Å². The lowest BCUT2D eigenvalue weighted by atomic mass is 9.94. The molecule has 1 aliphatic heterocycles. The molecule has 1 unspecified atom stereocenters. The summed E-state index contributed by atoms with van der Waals surface area (Å²) in [6.07, 6.45) is 1.89. The van der Waals surface area contributed by atoms with Crippen molar-refractivity contribution in [1.29, 1.82) is 0 Å². The maximum atomic E-state index is 13.7. The fraction of sp³-hybridized carbons (Fsp3) is 0.364. The van der Waals surface area contributed by atoms with Gasteiger partial charge in [0, 0.05) is 26.6 Å². The van der Waals surface area contributed by atoms with E-state index in [1.54, 1.807) is 19.1 Å². The van der Waals surface area contributed by atoms with Crippen molar-refractivity contribution in [2.75, 3.05) is 18.0 Å². The summed E-state index contributed by atoms with van der Waals surface area (Å²) in [5, 5.41) is 11.1. The zero-order valence-corrected chi connectivity index (χ0v) is 25.4. The van der Waals surface area contributed by atoms with Crippen molar-refractivity contribution < 1.29 is 27.2 Å². The van der Waals surface area contributed by atoms with Crippen LogP contribution in [-0.2, 0) is 30.6 Å². The Morgan fingerprint density at radius 2 is 1.76 bits per heavy atom. The summed E-state index contributed by atoms with van der Waals surface area (Å²) in [5.74, 6) is -3.01. The molecule has 1 atom stereocenters. The van der Waals surface area contributed by atoms with Crippen LogP contribution < -0.4 is 16.0 Å². The first-order chi connectivity index (χ1) is 21.5. The average molecular weight is 621 g/mol. The molecular formula is C33H35F3N6O3. The van der Waals surface area contributed by atoms with E-state index in [2.05, 4.69) is 15.5 Å². The maximum absolute atomic E-state index is 13.7. The predicted octanol–water partition coefficient (Wildman–Crippen LogP) is 5.08. The van der Waals surface area contributed by atoms with Gasteiger partial charge in [0.1, 0.15) is 5.82 Å². The number of primary amides is 1. The van der Waals surface area contributed by atoms with Gasteiger partial charge < -0.3 is 20.4 Å². The number of hydrogen-bond acceptors (Lipinski definition) is 7. The molecule has 0 bridgehead atoms. The third kappa shape index (κ3) is 7.33. The Bertz CT molecular complexity index is 1710. The lowest BCUT2D eigenvalue weighted by Gasteiger charge is -2.27. The fourth-order valence-corrected chi connectivity index (χ4v) is 5.66. The number of aromatic nitrogens is 3. The SMILES string of the molecule is Cc1nnc(-c2c(CCc3ccc(F)cc3)nc(CC(C)C)c(C(N)=O)c2N2CCC(C(=O)NCc3ccc(F)c(F)c3)C2)o1. The molecule has 0 radical (unpaired) electrons. The van der Waals surface area contributed by atoms with Gasteiger partial charge in [-0.3, -0.25) is 14.6 Å². The van der Waals surface area contributed by atoms with Crippen LogP contribution in [0.3, 0.4) is 0 Å². The van der Waals surface area contributed by atoms with Crippen LogP contribution in [0.4, 0.5) is 18.9 Å². The number of carbonyl (C=O) groups is 2. The number of nitrogens with one attached hydrogen (secondary N) is 1. The minimum absolute atomic E-state index is 0.0346. The molecule has 4 aromatic rings. The first kappa shape index (κ1) is 31.7. The van der Waals surface area contributed by atoms with E-state index in [9.17, 15) is 22.8 Å². The van der Waals surface area contributed by atoms with E-state index in [4.69, 9.17) is 15.1 Å². The van der Waals surface area contributed by atoms with Crippen molar-refractivity contribution in [3.63, 3.8) is 0 Å². The zero-order chi connectivity index (χ0) is 32.2. The van der Waals surface area contributed by atoms with Gasteiger partial charge in [0.2, 0.25) is 11.8 Å². The van der Waals surface area contributed by atoms with Crippen LogP contribution in [0.1, 0.15) is 59.0 Å². The van der Waals surface area contributed by atoms with Gasteiger partial charge >= 0.3 is 0 Å². The number of aryl methyl sites for hydroxylation is 3. The van der Waals surface area contributed by atoms with Crippen LogP contribution in [-0.4, -0.2) is 40.1 Å². The standard InChI is InChI=1S/C33H35F3N6O3/c1-18(2)14-27-28(31(37)43)30(42-13-12-22(17-42)32(44)38-16-21-6-10-24(35)25(36)15-21)29(33-41-40-19(3)45-33)26(39-27)11-7-20-4-8-23(34)9-5-20/h4-6,8-10,15,18,22H,7,11-14,16-17H2,1-3H3,(H2,37,43)(H,38,44). The second kappa shape index (κ2) is 13.5. The topological polar surface area (TPSA) is 127 Å². The Balaban J connectivity index is 1.52. The van der Waals surface area contributed by atoms with E-state index >= 15 is 0 Å². The number of benzene rings is 2. The van der Waals surface area contributed by atoms with Crippen molar-refractivity contribution in [2.24, 2.45) is 17.6 Å². The summed E-state index contributed by atoms with van der Waals surface area (Å²) in [7, 11) is 0. The van der Waals surface area contributed by atoms with Crippen molar-refractivity contribution in [2.45, 2.75) is 53.0 Å². The Morgan fingerprint density at radius 1 is 1.02 bits per heavy atom. The third-order valence-electron chi connectivity index (χ3n) is 7.80. The molecule has 236 valence electrons. The van der Waals surface area contributed by atoms with Crippen LogP contribution in [0.2, 0.25) is 0 Å². The van der Waals surface area contributed by atoms with Gasteiger partial charge in [0.05, 0.1) is 34.1 Å². The van der Waals surface area contributed by atoms with Gasteiger partial charge in [-0.2, -0.15) is 0 Å². The average Bonchev–Trinajstić information content (AvgIpc) is 3.66. The monoisotopic (exact) mass is 620 g/mol. The Hall–Kier alpha value is -4.74. The number of nitrogens with two attached hydrogens (primary N) is 1. The number of halogens is 3. The molecule has 12 heteroatoms. The van der Waals surface area contributed by atoms with Crippen LogP contribution in [0.5, 0.6) is 0 Å². The van der Waals surface area contributed by atoms with Crippen LogP contribution in [0.25, 0.3) is 11.5 Å². The summed E-state index contributed by atoms with van der Waals surface area (Å²) >= 11 is 0. The molecule has 1 aliphatic rings. The largest absolute Gasteiger partial charge is 0.421 e. The van der Waals surface area contributed by atoms with E-state index in [0.717, 1.165) is 17.7 Å². The molecule has 3 N–H and O–H groups in total. The number of carbonyl (C=O) groups excluding carboxylic acids is 2. The van der Waals surface area contributed by atoms with Gasteiger partial charge in [-0.25, -0.2) is 13.2 Å². The van der Waals surface area contributed by atoms with Gasteiger partial charge in [-0.15, -0.1) is 10.2 Å². The molecule has 2 aromatic carbocycles. The number of anilines is 1. The summed E-state index contributed by atoms with van der Waals surface area (Å²) in [4.78, 5) is 33.2. The Kier molecular flexibility index (Phi) is 9.50. The highest BCUT2D eigenvalue weighted by atomic mass is 19.2. The highest BCUT2D eigenvalue weighted by Crippen LogP contribution is 2.40. The fourth-order valence-electron chi connectivity index (χ4n) is 5.66. The van der Waals surface area contributed by atoms with Gasteiger partial charge in [-0.05, 0) is 67.0 Å². The predicted molar refractivity (Wildman–Crippen MR) is 162 cm³/mol. The van der Waals surface area contributed by atoms with Crippen molar-refractivity contribution in [1.82, 2.24) is 20.5 Å². The summed E-state index contributed by atoms with van der Waals surface area (Å²) in [5.41, 5.74) is 9.71. The lowest BCUT2D eigenvalue weighted by molar-refractivity contribution is -0.124. The molecule has 2 amide bonds. The molecule has 0 saturated carbocycles. The van der Waals surface area contributed by atoms with Gasteiger partial charge in [-0.1, -0.05) is 32.0 Å². The second-order valence-corrected chi connectivity index (χ2v) is 11.7. The molecule has 1 saturated heterocycles. The number of rotatable bonds is 11. The molecule has 1 fully saturated rings. The molecule has 0 aliphatic carbocycles. The smallest absolute Gasteiger partial charge is 0.252 e. The van der Waals surface area contributed by atoms with Crippen molar-refractivity contribution in [3.05, 3.63) is 93.9 Å². The van der Waals surface area contributed by atoms with Crippen molar-refractivity contribution >= 4 is 17.5 Å². The molecule has 45 heavy (non-hydrogen) atoms. The highest BCUT2D eigenvalue weighted by molar-refractivity contribution is 6.03. The molecular weight excluding hydrogens is 585 g/mol. The number of amides is 2. The minimum atomic E-state index is -0.985. The van der Waals surface area contributed by atoms with Gasteiger partial charge in [0.15, 0.2) is 11.6 Å². The van der Waals surface area contributed by atoms with Crippen LogP contribution in [0, 0.1) is 36.2 Å². The third-order valence-corrected chi connectivity index (χ3v) is 7.80. The van der Waals surface area contributed by atoms with Crippen LogP contribution >= 0.6 is 0 Å². The van der Waals surface area contributed by atoms with E-state index in [1.165, 1.54) is 18.2 Å². The quantitative estimate of drug-likeness (QED) is 0.239. The molecule has 0 spiro atoms.